The fourth-order valence-electron chi connectivity index (χ4n) is 3.50. The summed E-state index contributed by atoms with van der Waals surface area (Å²) >= 11 is 11.8. The number of carbonyl (C=O) groups excluding carboxylic acids is 1. The third kappa shape index (κ3) is 4.83. The summed E-state index contributed by atoms with van der Waals surface area (Å²) in [5, 5.41) is 12.4. The summed E-state index contributed by atoms with van der Waals surface area (Å²) < 4.78 is 53.9. The molecule has 0 fully saturated rings. The van der Waals surface area contributed by atoms with Crippen LogP contribution in [0.2, 0.25) is 10.0 Å². The predicted octanol–water partition coefficient (Wildman–Crippen LogP) is 4.69. The van der Waals surface area contributed by atoms with E-state index in [9.17, 15) is 26.7 Å². The Balaban J connectivity index is 2.01. The minimum atomic E-state index is -4.31. The Hall–Kier alpha value is -3.17. The number of halogens is 2. The van der Waals surface area contributed by atoms with Gasteiger partial charge in [-0.15, -0.1) is 0 Å². The van der Waals surface area contributed by atoms with Crippen molar-refractivity contribution < 1.29 is 26.7 Å². The Morgan fingerprint density at radius 3 is 1.63 bits per heavy atom. The Bertz CT molecular complexity index is 1650. The van der Waals surface area contributed by atoms with Crippen LogP contribution in [0, 0.1) is 0 Å². The minimum Gasteiger partial charge on any atom is -0.545 e. The Morgan fingerprint density at radius 2 is 1.09 bits per heavy atom. The maximum atomic E-state index is 13.7. The van der Waals surface area contributed by atoms with E-state index in [4.69, 9.17) is 23.2 Å². The summed E-state index contributed by atoms with van der Waals surface area (Å²) in [6, 6.07) is 20.0. The lowest BCUT2D eigenvalue weighted by Crippen LogP contribution is -2.23. The number of carboxylic acids is 1. The van der Waals surface area contributed by atoms with Crippen molar-refractivity contribution in [3.8, 4) is 11.1 Å². The lowest BCUT2D eigenvalue weighted by Gasteiger charge is -2.16. The average molecular weight is 546 g/mol. The van der Waals surface area contributed by atoms with Gasteiger partial charge in [-0.05, 0) is 66.2 Å². The first-order valence-corrected chi connectivity index (χ1v) is 13.7. The van der Waals surface area contributed by atoms with Gasteiger partial charge in [0.15, 0.2) is 0 Å². The van der Waals surface area contributed by atoms with Crippen molar-refractivity contribution in [3.05, 3.63) is 107 Å². The number of rotatable bonds is 6. The van der Waals surface area contributed by atoms with Crippen LogP contribution in [0.5, 0.6) is 0 Å². The van der Waals surface area contributed by atoms with Crippen LogP contribution in [-0.4, -0.2) is 22.8 Å². The van der Waals surface area contributed by atoms with Gasteiger partial charge in [0.05, 0.1) is 25.6 Å². The van der Waals surface area contributed by atoms with Crippen LogP contribution >= 0.6 is 23.2 Å². The highest BCUT2D eigenvalue weighted by Crippen LogP contribution is 2.36. The maximum Gasteiger partial charge on any atom is 0.207 e. The standard InChI is InChI=1S/C25H16Cl2O6S2/c26-16-5-9-18(10-6-16)34(30,31)20-13-14-22(21-3-1-2-4-23(21)25(28)29)24(15-20)35(32,33)19-11-7-17(27)8-12-19/h1-15H,(H,28,29)/p-1. The molecule has 35 heavy (non-hydrogen) atoms. The molecule has 0 aliphatic rings. The normalized spacial score (nSPS) is 11.8. The van der Waals surface area contributed by atoms with Crippen molar-refractivity contribution >= 4 is 48.8 Å². The summed E-state index contributed by atoms with van der Waals surface area (Å²) in [6.45, 7) is 0. The van der Waals surface area contributed by atoms with Crippen LogP contribution in [0.15, 0.2) is 111 Å². The highest BCUT2D eigenvalue weighted by molar-refractivity contribution is 7.92. The van der Waals surface area contributed by atoms with Gasteiger partial charge in [-0.3, -0.25) is 0 Å². The number of benzene rings is 4. The molecular formula is C25H15Cl2O6S2-. The fraction of sp³-hybridized carbons (Fsp3) is 0. The number of carboxylic acid groups (broad SMARTS) is 1. The second-order valence-corrected chi connectivity index (χ2v) is 12.1. The van der Waals surface area contributed by atoms with E-state index in [2.05, 4.69) is 0 Å². The van der Waals surface area contributed by atoms with E-state index in [1.165, 1.54) is 78.9 Å². The van der Waals surface area contributed by atoms with Crippen molar-refractivity contribution in [2.24, 2.45) is 0 Å². The predicted molar refractivity (Wildman–Crippen MR) is 130 cm³/mol. The van der Waals surface area contributed by atoms with Crippen molar-refractivity contribution in [2.45, 2.75) is 19.6 Å². The summed E-state index contributed by atoms with van der Waals surface area (Å²) in [4.78, 5) is 10.8. The van der Waals surface area contributed by atoms with Gasteiger partial charge in [0, 0.05) is 21.2 Å². The molecule has 0 bridgehead atoms. The lowest BCUT2D eigenvalue weighted by molar-refractivity contribution is -0.254. The molecule has 0 heterocycles. The second-order valence-electron chi connectivity index (χ2n) is 7.41. The zero-order valence-electron chi connectivity index (χ0n) is 17.7. The third-order valence-electron chi connectivity index (χ3n) is 5.24. The highest BCUT2D eigenvalue weighted by atomic mass is 35.5. The first-order valence-electron chi connectivity index (χ1n) is 9.98. The molecule has 0 aromatic heterocycles. The monoisotopic (exact) mass is 545 g/mol. The molecule has 0 saturated heterocycles. The van der Waals surface area contributed by atoms with Gasteiger partial charge in [0.2, 0.25) is 19.7 Å². The van der Waals surface area contributed by atoms with E-state index in [-0.39, 0.29) is 36.3 Å². The number of sulfone groups is 2. The molecule has 4 aromatic rings. The molecule has 0 aliphatic carbocycles. The van der Waals surface area contributed by atoms with Gasteiger partial charge >= 0.3 is 0 Å². The van der Waals surface area contributed by atoms with Gasteiger partial charge in [-0.1, -0.05) is 53.5 Å². The smallest absolute Gasteiger partial charge is 0.207 e. The van der Waals surface area contributed by atoms with Crippen LogP contribution < -0.4 is 5.11 Å². The summed E-state index contributed by atoms with van der Waals surface area (Å²) in [5.41, 5.74) is -0.168. The molecule has 0 N–H and O–H groups in total. The Labute approximate surface area is 212 Å². The molecule has 178 valence electrons. The Kier molecular flexibility index (Phi) is 6.75. The first-order chi connectivity index (χ1) is 16.5. The van der Waals surface area contributed by atoms with E-state index in [1.807, 2.05) is 0 Å². The number of carbonyl (C=O) groups is 1. The molecular weight excluding hydrogens is 531 g/mol. The molecule has 0 spiro atoms. The van der Waals surface area contributed by atoms with Crippen molar-refractivity contribution in [1.82, 2.24) is 0 Å². The van der Waals surface area contributed by atoms with Crippen LogP contribution in [0.25, 0.3) is 11.1 Å². The van der Waals surface area contributed by atoms with Crippen molar-refractivity contribution in [2.75, 3.05) is 0 Å². The molecule has 6 nitrogen and oxygen atoms in total. The summed E-state index contributed by atoms with van der Waals surface area (Å²) in [5.74, 6) is -1.51. The zero-order chi connectivity index (χ0) is 25.4. The van der Waals surface area contributed by atoms with Crippen LogP contribution in [0.1, 0.15) is 10.4 Å². The minimum absolute atomic E-state index is 0.00908. The van der Waals surface area contributed by atoms with Gasteiger partial charge in [0.25, 0.3) is 0 Å². The maximum absolute atomic E-state index is 13.7. The number of hydrogen-bond donors (Lipinski definition) is 0. The fourth-order valence-corrected chi connectivity index (χ4v) is 6.61. The third-order valence-corrected chi connectivity index (χ3v) is 9.32. The number of aromatic carboxylic acids is 1. The molecule has 0 atom stereocenters. The van der Waals surface area contributed by atoms with E-state index in [1.54, 1.807) is 6.07 Å². The van der Waals surface area contributed by atoms with Gasteiger partial charge in [-0.25, -0.2) is 16.8 Å². The van der Waals surface area contributed by atoms with Gasteiger partial charge in [-0.2, -0.15) is 0 Å². The van der Waals surface area contributed by atoms with E-state index in [0.717, 1.165) is 6.07 Å². The van der Waals surface area contributed by atoms with Crippen LogP contribution in [0.3, 0.4) is 0 Å². The zero-order valence-corrected chi connectivity index (χ0v) is 20.8. The van der Waals surface area contributed by atoms with E-state index in [0.29, 0.717) is 10.0 Å². The molecule has 0 amide bonds. The lowest BCUT2D eigenvalue weighted by atomic mass is 10.00. The Morgan fingerprint density at radius 1 is 0.600 bits per heavy atom. The van der Waals surface area contributed by atoms with Gasteiger partial charge < -0.3 is 9.90 Å². The molecule has 4 aromatic carbocycles. The second kappa shape index (κ2) is 9.47. The largest absolute Gasteiger partial charge is 0.545 e. The molecule has 0 aliphatic heterocycles. The summed E-state index contributed by atoms with van der Waals surface area (Å²) in [7, 11) is -8.43. The number of hydrogen-bond acceptors (Lipinski definition) is 6. The SMILES string of the molecule is O=C([O-])c1ccccc1-c1ccc(S(=O)(=O)c2ccc(Cl)cc2)cc1S(=O)(=O)c1ccc(Cl)cc1. The summed E-state index contributed by atoms with van der Waals surface area (Å²) in [6.07, 6.45) is 0. The van der Waals surface area contributed by atoms with Gasteiger partial charge in [0.1, 0.15) is 0 Å². The average Bonchev–Trinajstić information content (AvgIpc) is 2.84. The van der Waals surface area contributed by atoms with Crippen LogP contribution in [-0.2, 0) is 19.7 Å². The van der Waals surface area contributed by atoms with E-state index < -0.39 is 25.6 Å². The topological polar surface area (TPSA) is 108 Å². The molecule has 0 radical (unpaired) electrons. The van der Waals surface area contributed by atoms with E-state index >= 15 is 0 Å². The molecule has 0 unspecified atom stereocenters. The van der Waals surface area contributed by atoms with Crippen molar-refractivity contribution in [3.63, 3.8) is 0 Å². The van der Waals surface area contributed by atoms with Crippen molar-refractivity contribution in [1.29, 1.82) is 0 Å². The first kappa shape index (κ1) is 24.9. The van der Waals surface area contributed by atoms with Crippen LogP contribution in [0.4, 0.5) is 0 Å². The molecule has 10 heteroatoms. The molecule has 0 saturated carbocycles. The molecule has 4 rings (SSSR count). The highest BCUT2D eigenvalue weighted by Gasteiger charge is 2.27. The quantitative estimate of drug-likeness (QED) is 0.347.